The molecule has 0 radical (unpaired) electrons. The molecule has 2 N–H and O–H groups in total. The van der Waals surface area contributed by atoms with E-state index in [2.05, 4.69) is 43.5 Å². The molecule has 7 heteroatoms. The minimum absolute atomic E-state index is 0.0364. The number of benzene rings is 2. The molecule has 2 aliphatic rings. The summed E-state index contributed by atoms with van der Waals surface area (Å²) in [5.41, 5.74) is 7.81. The highest BCUT2D eigenvalue weighted by atomic mass is 19.1. The minimum atomic E-state index is -0.526. The number of halogens is 1. The molecule has 37 heavy (non-hydrogen) atoms. The van der Waals surface area contributed by atoms with E-state index in [0.717, 1.165) is 44.1 Å². The van der Waals surface area contributed by atoms with Crippen LogP contribution in [0.25, 0.3) is 0 Å². The topological polar surface area (TPSA) is 74.6 Å². The van der Waals surface area contributed by atoms with Gasteiger partial charge in [0.15, 0.2) is 11.4 Å². The molecular formula is C30H36FN3O3. The zero-order valence-corrected chi connectivity index (χ0v) is 21.7. The van der Waals surface area contributed by atoms with Crippen molar-refractivity contribution in [2.45, 2.75) is 71.4 Å². The number of rotatable bonds is 6. The Hall–Kier alpha value is -3.61. The van der Waals surface area contributed by atoms with Gasteiger partial charge in [0.05, 0.1) is 0 Å². The lowest BCUT2D eigenvalue weighted by atomic mass is 9.93. The number of amides is 1. The molecule has 2 aliphatic heterocycles. The number of aromatic nitrogens is 1. The maximum absolute atomic E-state index is 13.3. The number of hydrogen-bond acceptors (Lipinski definition) is 4. The number of piperidine rings is 1. The molecule has 0 bridgehead atoms. The Balaban J connectivity index is 0.000000175. The smallest absolute Gasteiger partial charge is 0.278 e. The van der Waals surface area contributed by atoms with Crippen molar-refractivity contribution in [3.8, 4) is 5.75 Å². The first-order valence-corrected chi connectivity index (χ1v) is 13.3. The normalized spacial score (nSPS) is 16.2. The van der Waals surface area contributed by atoms with Crippen LogP contribution in [0.15, 0.2) is 59.5 Å². The number of nitrogens with zero attached hydrogens (tertiary/aromatic N) is 2. The van der Waals surface area contributed by atoms with E-state index < -0.39 is 11.2 Å². The fourth-order valence-electron chi connectivity index (χ4n) is 5.09. The van der Waals surface area contributed by atoms with Gasteiger partial charge in [0, 0.05) is 18.8 Å². The predicted octanol–water partition coefficient (Wildman–Crippen LogP) is 5.38. The monoisotopic (exact) mass is 505 g/mol. The van der Waals surface area contributed by atoms with Crippen molar-refractivity contribution in [1.29, 1.82) is 0 Å². The highest BCUT2D eigenvalue weighted by Gasteiger charge is 2.35. The molecule has 1 aromatic heterocycles. The van der Waals surface area contributed by atoms with E-state index in [4.69, 9.17) is 0 Å². The number of aromatic hydroxyl groups is 1. The summed E-state index contributed by atoms with van der Waals surface area (Å²) >= 11 is 0. The van der Waals surface area contributed by atoms with Crippen LogP contribution in [0.2, 0.25) is 0 Å². The molecule has 2 aromatic carbocycles. The van der Waals surface area contributed by atoms with Crippen molar-refractivity contribution in [2.24, 2.45) is 0 Å². The van der Waals surface area contributed by atoms with Crippen molar-refractivity contribution in [3.63, 3.8) is 0 Å². The number of unbranched alkanes of at least 4 members (excludes halogenated alkanes) is 1. The molecular weight excluding hydrogens is 469 g/mol. The molecule has 1 unspecified atom stereocenters. The van der Waals surface area contributed by atoms with E-state index in [1.165, 1.54) is 46.5 Å². The minimum Gasteiger partial charge on any atom is -0.502 e. The average molecular weight is 506 g/mol. The quantitative estimate of drug-likeness (QED) is 0.471. The van der Waals surface area contributed by atoms with E-state index >= 15 is 0 Å². The van der Waals surface area contributed by atoms with E-state index in [-0.39, 0.29) is 23.6 Å². The lowest BCUT2D eigenvalue weighted by Crippen LogP contribution is -2.55. The van der Waals surface area contributed by atoms with Gasteiger partial charge in [-0.25, -0.2) is 4.39 Å². The maximum Gasteiger partial charge on any atom is 0.278 e. The van der Waals surface area contributed by atoms with Crippen LogP contribution in [-0.2, 0) is 19.3 Å². The van der Waals surface area contributed by atoms with Gasteiger partial charge < -0.3 is 15.4 Å². The molecule has 0 aliphatic carbocycles. The van der Waals surface area contributed by atoms with Crippen LogP contribution >= 0.6 is 0 Å². The zero-order chi connectivity index (χ0) is 26.4. The lowest BCUT2D eigenvalue weighted by molar-refractivity contribution is 0.0569. The van der Waals surface area contributed by atoms with E-state index in [1.807, 2.05) is 6.07 Å². The number of hydrogen-bond donors (Lipinski definition) is 2. The van der Waals surface area contributed by atoms with Gasteiger partial charge in [-0.2, -0.15) is 0 Å². The van der Waals surface area contributed by atoms with Crippen LogP contribution in [-0.4, -0.2) is 33.3 Å². The van der Waals surface area contributed by atoms with Crippen LogP contribution in [0.1, 0.15) is 78.7 Å². The summed E-state index contributed by atoms with van der Waals surface area (Å²) in [5, 5.41) is 9.68. The lowest BCUT2D eigenvalue weighted by Gasteiger charge is -2.41. The van der Waals surface area contributed by atoms with Crippen LogP contribution in [0.3, 0.4) is 0 Å². The Morgan fingerprint density at radius 2 is 1.76 bits per heavy atom. The molecule has 5 rings (SSSR count). The van der Waals surface area contributed by atoms with Gasteiger partial charge >= 0.3 is 0 Å². The van der Waals surface area contributed by atoms with Crippen LogP contribution in [0.5, 0.6) is 5.75 Å². The molecule has 6 nitrogen and oxygen atoms in total. The van der Waals surface area contributed by atoms with Gasteiger partial charge in [0.1, 0.15) is 12.0 Å². The van der Waals surface area contributed by atoms with Crippen molar-refractivity contribution >= 4 is 5.91 Å². The first-order chi connectivity index (χ1) is 17.9. The highest BCUT2D eigenvalue weighted by Crippen LogP contribution is 2.25. The number of carbonyl (C=O) groups is 1. The molecule has 1 fully saturated rings. The molecule has 0 saturated carbocycles. The summed E-state index contributed by atoms with van der Waals surface area (Å²) in [4.78, 5) is 25.2. The Morgan fingerprint density at radius 3 is 2.51 bits per heavy atom. The summed E-state index contributed by atoms with van der Waals surface area (Å²) in [6, 6.07) is 15.1. The third-order valence-corrected chi connectivity index (χ3v) is 7.18. The van der Waals surface area contributed by atoms with Gasteiger partial charge in [-0.15, -0.1) is 0 Å². The average Bonchev–Trinajstić information content (AvgIpc) is 2.91. The Kier molecular flexibility index (Phi) is 8.64. The highest BCUT2D eigenvalue weighted by molar-refractivity contribution is 5.96. The second-order valence-corrected chi connectivity index (χ2v) is 9.70. The van der Waals surface area contributed by atoms with Crippen molar-refractivity contribution in [2.75, 3.05) is 12.0 Å². The zero-order valence-electron chi connectivity index (χ0n) is 21.7. The van der Waals surface area contributed by atoms with Gasteiger partial charge in [-0.3, -0.25) is 14.3 Å². The van der Waals surface area contributed by atoms with Gasteiger partial charge in [0.2, 0.25) is 5.43 Å². The molecule has 196 valence electrons. The van der Waals surface area contributed by atoms with Crippen LogP contribution in [0, 0.1) is 5.82 Å². The SMILES string of the molecule is CCCCc1ccccc1Cc1ccc(F)cc1CC.O=C1c2c(O)c(=O)ccn2NC2CCCCN12. The van der Waals surface area contributed by atoms with Crippen LogP contribution in [0.4, 0.5) is 4.39 Å². The second-order valence-electron chi connectivity index (χ2n) is 9.70. The van der Waals surface area contributed by atoms with Crippen molar-refractivity contribution in [1.82, 2.24) is 9.58 Å². The fourth-order valence-corrected chi connectivity index (χ4v) is 5.09. The largest absolute Gasteiger partial charge is 0.502 e. The molecule has 3 heterocycles. The number of aryl methyl sites for hydroxylation is 2. The standard InChI is InChI=1S/C19H23F.C11H13N3O3/c1-3-5-8-16-9-6-7-10-17(16)13-18-11-12-19(20)14-15(18)4-2;15-7-4-6-14-9(10(7)16)11(17)13-5-2-1-3-8(13)12-14/h6-7,9-12,14H,3-5,8,13H2,1-2H3;4,6,8,12,16H,1-3,5H2. The summed E-state index contributed by atoms with van der Waals surface area (Å²) in [5.74, 6) is -0.887. The second kappa shape index (κ2) is 12.1. The molecule has 3 aromatic rings. The first-order valence-electron chi connectivity index (χ1n) is 13.3. The van der Waals surface area contributed by atoms with E-state index in [0.29, 0.717) is 6.54 Å². The maximum atomic E-state index is 13.3. The Morgan fingerprint density at radius 1 is 1.00 bits per heavy atom. The van der Waals surface area contributed by atoms with E-state index in [1.54, 1.807) is 17.0 Å². The summed E-state index contributed by atoms with van der Waals surface area (Å²) in [7, 11) is 0. The van der Waals surface area contributed by atoms with E-state index in [9.17, 15) is 19.1 Å². The van der Waals surface area contributed by atoms with Crippen molar-refractivity contribution < 1.29 is 14.3 Å². The molecule has 0 spiro atoms. The van der Waals surface area contributed by atoms with Gasteiger partial charge in [-0.1, -0.05) is 50.6 Å². The number of nitrogens with one attached hydrogen (secondary N) is 1. The fraction of sp³-hybridized carbons (Fsp3) is 0.400. The summed E-state index contributed by atoms with van der Waals surface area (Å²) < 4.78 is 14.8. The summed E-state index contributed by atoms with van der Waals surface area (Å²) in [6.07, 6.45) is 9.73. The third-order valence-electron chi connectivity index (χ3n) is 7.18. The van der Waals surface area contributed by atoms with Gasteiger partial charge in [-0.05, 0) is 79.3 Å². The Bertz CT molecular complexity index is 1300. The van der Waals surface area contributed by atoms with Crippen LogP contribution < -0.4 is 10.9 Å². The molecule has 1 atom stereocenters. The number of pyridine rings is 1. The Labute approximate surface area is 217 Å². The molecule has 1 amide bonds. The molecule has 1 saturated heterocycles. The predicted molar refractivity (Wildman–Crippen MR) is 144 cm³/mol. The van der Waals surface area contributed by atoms with Gasteiger partial charge in [0.25, 0.3) is 5.91 Å². The summed E-state index contributed by atoms with van der Waals surface area (Å²) in [6.45, 7) is 4.97. The number of fused-ring (bicyclic) bond motifs is 2. The number of carbonyl (C=O) groups excluding carboxylic acids is 1. The third kappa shape index (κ3) is 6.04. The van der Waals surface area contributed by atoms with Crippen molar-refractivity contribution in [3.05, 3.63) is 98.7 Å². The first kappa shape index (κ1) is 26.5.